The number of rotatable bonds is 8. The molecule has 0 aliphatic rings. The standard InChI is InChI=1S/C40H47N5O9/c1-38(2,3)52-34(48)31(21-24-13-11-10-12-14-24)43-32(46)29-23-41-30-22-27(19-20-28(29)30)51-33(47)25-15-17-26(18-16-25)42-35(44-36(49)53-39(4,5)6)45-37(50)54-40(7,8)9/h10-20,22-23,31,41H,21H2,1-9H3,(H,43,46)(H2,42,44,45,49,50)/t31-/m0/s1. The van der Waals surface area contributed by atoms with Crippen LogP contribution in [0.2, 0.25) is 0 Å². The highest BCUT2D eigenvalue weighted by Gasteiger charge is 2.28. The molecule has 14 nitrogen and oxygen atoms in total. The molecule has 1 atom stereocenters. The van der Waals surface area contributed by atoms with Crippen LogP contribution in [-0.2, 0) is 25.4 Å². The van der Waals surface area contributed by atoms with Gasteiger partial charge in [0, 0.05) is 35.3 Å². The van der Waals surface area contributed by atoms with E-state index in [-0.39, 0.29) is 23.7 Å². The first-order valence-corrected chi connectivity index (χ1v) is 17.2. The number of nitrogens with one attached hydrogen (secondary N) is 4. The fourth-order valence-electron chi connectivity index (χ4n) is 4.86. The summed E-state index contributed by atoms with van der Waals surface area (Å²) in [5, 5.41) is 8.59. The Morgan fingerprint density at radius 2 is 1.39 bits per heavy atom. The summed E-state index contributed by atoms with van der Waals surface area (Å²) in [6.45, 7) is 15.4. The van der Waals surface area contributed by atoms with Crippen LogP contribution in [0.4, 0.5) is 15.3 Å². The van der Waals surface area contributed by atoms with E-state index in [0.717, 1.165) is 5.56 Å². The van der Waals surface area contributed by atoms with Gasteiger partial charge in [0.1, 0.15) is 28.6 Å². The highest BCUT2D eigenvalue weighted by Crippen LogP contribution is 2.25. The normalized spacial score (nSPS) is 12.6. The third kappa shape index (κ3) is 12.8. The number of nitrogens with zero attached hydrogens (tertiary/aromatic N) is 1. The van der Waals surface area contributed by atoms with Crippen molar-refractivity contribution in [3.8, 4) is 5.75 Å². The predicted molar refractivity (Wildman–Crippen MR) is 204 cm³/mol. The van der Waals surface area contributed by atoms with Crippen molar-refractivity contribution in [1.29, 1.82) is 0 Å². The number of amides is 3. The van der Waals surface area contributed by atoms with Crippen molar-refractivity contribution in [3.05, 3.63) is 95.7 Å². The van der Waals surface area contributed by atoms with Gasteiger partial charge in [-0.3, -0.25) is 10.1 Å². The van der Waals surface area contributed by atoms with E-state index >= 15 is 0 Å². The highest BCUT2D eigenvalue weighted by molar-refractivity contribution is 6.08. The number of esters is 2. The lowest BCUT2D eigenvalue weighted by Gasteiger charge is -2.24. The summed E-state index contributed by atoms with van der Waals surface area (Å²) in [6.07, 6.45) is -0.0343. The second-order valence-corrected chi connectivity index (χ2v) is 15.3. The van der Waals surface area contributed by atoms with Gasteiger partial charge in [-0.2, -0.15) is 0 Å². The quantitative estimate of drug-likeness (QED) is 0.0469. The van der Waals surface area contributed by atoms with Crippen LogP contribution in [0, 0.1) is 0 Å². The maximum atomic E-state index is 13.5. The number of benzene rings is 3. The number of ether oxygens (including phenoxy) is 4. The molecule has 0 radical (unpaired) electrons. The Kier molecular flexibility index (Phi) is 12.5. The molecule has 286 valence electrons. The van der Waals surface area contributed by atoms with Crippen molar-refractivity contribution in [2.45, 2.75) is 91.6 Å². The summed E-state index contributed by atoms with van der Waals surface area (Å²) in [5.41, 5.74) is -0.118. The maximum absolute atomic E-state index is 13.5. The molecule has 0 unspecified atom stereocenters. The summed E-state index contributed by atoms with van der Waals surface area (Å²) in [7, 11) is 0. The molecule has 0 saturated carbocycles. The number of fused-ring (bicyclic) bond motifs is 1. The number of carbonyl (C=O) groups excluding carboxylic acids is 5. The second kappa shape index (κ2) is 16.7. The summed E-state index contributed by atoms with van der Waals surface area (Å²) < 4.78 is 21.7. The molecule has 14 heteroatoms. The molecule has 1 heterocycles. The topological polar surface area (TPSA) is 187 Å². The smallest absolute Gasteiger partial charge is 0.437 e. The predicted octanol–water partition coefficient (Wildman–Crippen LogP) is 7.30. The molecule has 4 aromatic rings. The second-order valence-electron chi connectivity index (χ2n) is 15.3. The third-order valence-corrected chi connectivity index (χ3v) is 6.99. The van der Waals surface area contributed by atoms with E-state index in [9.17, 15) is 24.0 Å². The molecular weight excluding hydrogens is 694 g/mol. The number of guanidine groups is 1. The van der Waals surface area contributed by atoms with Gasteiger partial charge in [0.25, 0.3) is 5.91 Å². The first-order chi connectivity index (χ1) is 25.1. The summed E-state index contributed by atoms with van der Waals surface area (Å²) in [5.74, 6) is -1.73. The Labute approximate surface area is 314 Å². The van der Waals surface area contributed by atoms with Crippen molar-refractivity contribution in [2.75, 3.05) is 5.32 Å². The minimum absolute atomic E-state index is 0.199. The lowest BCUT2D eigenvalue weighted by Crippen LogP contribution is -2.45. The van der Waals surface area contributed by atoms with Crippen LogP contribution >= 0.6 is 0 Å². The van der Waals surface area contributed by atoms with Crippen molar-refractivity contribution in [1.82, 2.24) is 15.6 Å². The number of aromatic amines is 1. The van der Waals surface area contributed by atoms with E-state index in [4.69, 9.17) is 18.9 Å². The Balaban J connectivity index is 1.45. The molecule has 54 heavy (non-hydrogen) atoms. The van der Waals surface area contributed by atoms with E-state index in [1.165, 1.54) is 30.5 Å². The van der Waals surface area contributed by atoms with Crippen LogP contribution in [0.15, 0.2) is 84.0 Å². The largest absolute Gasteiger partial charge is 0.458 e. The minimum atomic E-state index is -0.943. The van der Waals surface area contributed by atoms with Crippen LogP contribution in [-0.4, -0.2) is 63.8 Å². The fourth-order valence-corrected chi connectivity index (χ4v) is 4.86. The molecule has 1 aromatic heterocycles. The van der Waals surface area contributed by atoms with Crippen LogP contribution in [0.5, 0.6) is 5.75 Å². The Morgan fingerprint density at radius 3 is 2.00 bits per heavy atom. The average Bonchev–Trinajstić information content (AvgIpc) is 3.46. The number of hydrogen-bond donors (Lipinski definition) is 4. The van der Waals surface area contributed by atoms with Gasteiger partial charge in [-0.25, -0.2) is 19.2 Å². The first kappa shape index (κ1) is 40.6. The van der Waals surface area contributed by atoms with Crippen LogP contribution in [0.3, 0.4) is 0 Å². The number of alkyl carbamates (subject to hydrolysis) is 1. The Hall–Kier alpha value is -6.18. The van der Waals surface area contributed by atoms with E-state index in [1.54, 1.807) is 80.5 Å². The molecule has 0 aliphatic carbocycles. The molecule has 4 N–H and O–H groups in total. The van der Waals surface area contributed by atoms with Crippen molar-refractivity contribution >= 4 is 52.6 Å². The first-order valence-electron chi connectivity index (χ1n) is 17.2. The lowest BCUT2D eigenvalue weighted by atomic mass is 10.0. The summed E-state index contributed by atoms with van der Waals surface area (Å²) in [4.78, 5) is 71.3. The van der Waals surface area contributed by atoms with Crippen LogP contribution < -0.4 is 20.7 Å². The van der Waals surface area contributed by atoms with Crippen molar-refractivity contribution < 1.29 is 42.9 Å². The van der Waals surface area contributed by atoms with E-state index in [1.807, 2.05) is 30.3 Å². The zero-order valence-corrected chi connectivity index (χ0v) is 31.9. The van der Waals surface area contributed by atoms with Crippen LogP contribution in [0.1, 0.15) is 88.6 Å². The van der Waals surface area contributed by atoms with Crippen LogP contribution in [0.25, 0.3) is 10.9 Å². The summed E-state index contributed by atoms with van der Waals surface area (Å²) >= 11 is 0. The van der Waals surface area contributed by atoms with Gasteiger partial charge < -0.3 is 34.6 Å². The number of anilines is 1. The third-order valence-electron chi connectivity index (χ3n) is 6.99. The number of aromatic nitrogens is 1. The molecule has 0 spiro atoms. The zero-order valence-electron chi connectivity index (χ0n) is 31.9. The molecule has 4 rings (SSSR count). The molecule has 0 fully saturated rings. The monoisotopic (exact) mass is 741 g/mol. The molecular formula is C40H47N5O9. The van der Waals surface area contributed by atoms with E-state index in [2.05, 4.69) is 25.9 Å². The minimum Gasteiger partial charge on any atom is -0.458 e. The zero-order chi connectivity index (χ0) is 39.8. The number of carbonyl (C=O) groups is 5. The van der Waals surface area contributed by atoms with Gasteiger partial charge in [-0.05, 0) is 104 Å². The van der Waals surface area contributed by atoms with Gasteiger partial charge in [0.2, 0.25) is 5.96 Å². The number of H-pyrrole nitrogens is 1. The van der Waals surface area contributed by atoms with Crippen molar-refractivity contribution in [3.63, 3.8) is 0 Å². The molecule has 3 aromatic carbocycles. The van der Waals surface area contributed by atoms with Gasteiger partial charge in [0.15, 0.2) is 0 Å². The molecule has 3 amide bonds. The average molecular weight is 742 g/mol. The SMILES string of the molecule is CC(C)(C)OC(=O)/N=C(/NC(=O)OC(C)(C)C)Nc1ccc(C(=O)Oc2ccc3c(C(=O)N[C@@H](Cc4ccccc4)C(=O)OC(C)(C)C)c[nH]c3c2)cc1. The number of aliphatic imine (C=N–C) groups is 1. The van der Waals surface area contributed by atoms with Gasteiger partial charge in [0.05, 0.1) is 11.1 Å². The molecule has 0 saturated heterocycles. The molecule has 0 bridgehead atoms. The Bertz CT molecular complexity index is 2020. The van der Waals surface area contributed by atoms with Crippen molar-refractivity contribution in [2.24, 2.45) is 4.99 Å². The van der Waals surface area contributed by atoms with Gasteiger partial charge in [-0.1, -0.05) is 30.3 Å². The maximum Gasteiger partial charge on any atom is 0.437 e. The van der Waals surface area contributed by atoms with E-state index in [0.29, 0.717) is 22.2 Å². The van der Waals surface area contributed by atoms with Gasteiger partial charge >= 0.3 is 24.1 Å². The fraction of sp³-hybridized carbons (Fsp3) is 0.350. The van der Waals surface area contributed by atoms with E-state index < -0.39 is 52.9 Å². The Morgan fingerprint density at radius 1 is 0.759 bits per heavy atom. The lowest BCUT2D eigenvalue weighted by molar-refractivity contribution is -0.157. The van der Waals surface area contributed by atoms with Gasteiger partial charge in [-0.15, -0.1) is 4.99 Å². The number of hydrogen-bond acceptors (Lipinski definition) is 9. The highest BCUT2D eigenvalue weighted by atomic mass is 16.6. The molecule has 0 aliphatic heterocycles. The summed E-state index contributed by atoms with van der Waals surface area (Å²) in [6, 6.07) is 19.2.